The molecule has 0 radical (unpaired) electrons. The topological polar surface area (TPSA) is 91.3 Å². The number of hydrogen-bond acceptors (Lipinski definition) is 6. The lowest BCUT2D eigenvalue weighted by molar-refractivity contribution is 0.185. The van der Waals surface area contributed by atoms with Crippen LogP contribution in [0.25, 0.3) is 0 Å². The van der Waals surface area contributed by atoms with E-state index in [1.165, 1.54) is 21.3 Å². The number of rotatable bonds is 4. The van der Waals surface area contributed by atoms with E-state index >= 15 is 0 Å². The van der Waals surface area contributed by atoms with Crippen LogP contribution >= 0.6 is 11.8 Å². The maximum atomic E-state index is 12.2. The van der Waals surface area contributed by atoms with E-state index < -0.39 is 11.0 Å². The molecule has 3 N–H and O–H groups in total. The van der Waals surface area contributed by atoms with Crippen LogP contribution in [0.2, 0.25) is 0 Å². The average Bonchev–Trinajstić information content (AvgIpc) is 2.70. The molecule has 0 saturated carbocycles. The molecular formula is C8H14N6O2S2. The van der Waals surface area contributed by atoms with E-state index in [4.69, 9.17) is 0 Å². The first kappa shape index (κ1) is 13.3. The molecule has 2 rings (SSSR count). The molecule has 10 heteroatoms. The molecule has 8 nitrogen and oxygen atoms in total. The maximum absolute atomic E-state index is 12.2. The van der Waals surface area contributed by atoms with Gasteiger partial charge in [-0.05, 0) is 20.2 Å². The van der Waals surface area contributed by atoms with Crippen LogP contribution in [-0.2, 0) is 11.0 Å². The van der Waals surface area contributed by atoms with Crippen LogP contribution < -0.4 is 15.7 Å². The zero-order chi connectivity index (χ0) is 13.3. The minimum atomic E-state index is -1.45. The van der Waals surface area contributed by atoms with Gasteiger partial charge in [-0.2, -0.15) is 0 Å². The van der Waals surface area contributed by atoms with Gasteiger partial charge in [0.2, 0.25) is 0 Å². The van der Waals surface area contributed by atoms with E-state index in [0.29, 0.717) is 22.5 Å². The molecule has 1 aromatic rings. The number of amides is 1. The van der Waals surface area contributed by atoms with Gasteiger partial charge in [0.05, 0.1) is 5.88 Å². The Hall–Kier alpha value is -1.10. The van der Waals surface area contributed by atoms with Crippen LogP contribution in [0.4, 0.5) is 10.6 Å². The van der Waals surface area contributed by atoms with Gasteiger partial charge in [-0.1, -0.05) is 0 Å². The van der Waals surface area contributed by atoms with Gasteiger partial charge in [0.25, 0.3) is 0 Å². The van der Waals surface area contributed by atoms with Crippen molar-refractivity contribution in [3.8, 4) is 0 Å². The Balaban J connectivity index is 2.41. The number of thioether (sulfide) groups is 1. The molecule has 1 aliphatic rings. The van der Waals surface area contributed by atoms with E-state index in [1.807, 2.05) is 6.26 Å². The Labute approximate surface area is 111 Å². The summed E-state index contributed by atoms with van der Waals surface area (Å²) in [6.45, 7) is 1.70. The fourth-order valence-corrected chi connectivity index (χ4v) is 2.74. The molecular weight excluding hydrogens is 276 g/mol. The monoisotopic (exact) mass is 290 g/mol. The molecule has 0 spiro atoms. The van der Waals surface area contributed by atoms with E-state index in [2.05, 4.69) is 20.7 Å². The predicted molar refractivity (Wildman–Crippen MR) is 70.2 cm³/mol. The highest BCUT2D eigenvalue weighted by Crippen LogP contribution is 2.23. The lowest BCUT2D eigenvalue weighted by Crippen LogP contribution is -2.52. The number of fused-ring (bicyclic) bond motifs is 1. The van der Waals surface area contributed by atoms with Crippen LogP contribution in [0.5, 0.6) is 0 Å². The molecule has 1 atom stereocenters. The van der Waals surface area contributed by atoms with Crippen molar-refractivity contribution in [2.75, 3.05) is 24.6 Å². The summed E-state index contributed by atoms with van der Waals surface area (Å²) in [5.74, 6) is 1.39. The summed E-state index contributed by atoms with van der Waals surface area (Å²) in [5.41, 5.74) is 5.59. The van der Waals surface area contributed by atoms with E-state index in [1.54, 1.807) is 14.0 Å². The van der Waals surface area contributed by atoms with Crippen molar-refractivity contribution in [1.82, 2.24) is 24.8 Å². The van der Waals surface area contributed by atoms with Crippen molar-refractivity contribution < 1.29 is 9.00 Å². The zero-order valence-corrected chi connectivity index (χ0v) is 11.8. The van der Waals surface area contributed by atoms with E-state index in [-0.39, 0.29) is 6.03 Å². The summed E-state index contributed by atoms with van der Waals surface area (Å²) >= 11 is 1.51. The van der Waals surface area contributed by atoms with Crippen LogP contribution in [-0.4, -0.2) is 44.0 Å². The van der Waals surface area contributed by atoms with Gasteiger partial charge < -0.3 is 0 Å². The highest BCUT2D eigenvalue weighted by Gasteiger charge is 2.30. The summed E-state index contributed by atoms with van der Waals surface area (Å²) in [6.07, 6.45) is 1.90. The standard InChI is InChI=1S/C8H14N6O2S2/c1-5-10-7(18(16)9-2)6-11-12-13(4-17-3)8(15)14(5)6/h9,11-12H,4H2,1-3H3. The van der Waals surface area contributed by atoms with Gasteiger partial charge in [0.15, 0.2) is 10.8 Å². The molecule has 1 aliphatic heterocycles. The Morgan fingerprint density at radius 3 is 2.89 bits per heavy atom. The van der Waals surface area contributed by atoms with Gasteiger partial charge in [0, 0.05) is 0 Å². The van der Waals surface area contributed by atoms with Crippen molar-refractivity contribution in [1.29, 1.82) is 0 Å². The summed E-state index contributed by atoms with van der Waals surface area (Å²) in [4.78, 5) is 16.3. The summed E-state index contributed by atoms with van der Waals surface area (Å²) in [5, 5.41) is 1.72. The highest BCUT2D eigenvalue weighted by atomic mass is 32.2. The van der Waals surface area contributed by atoms with Gasteiger partial charge in [-0.25, -0.2) is 28.3 Å². The van der Waals surface area contributed by atoms with Crippen LogP contribution in [0.3, 0.4) is 0 Å². The number of aromatic nitrogens is 2. The van der Waals surface area contributed by atoms with Gasteiger partial charge in [-0.3, -0.25) is 5.43 Å². The second-order valence-electron chi connectivity index (χ2n) is 3.49. The quantitative estimate of drug-likeness (QED) is 0.715. The van der Waals surface area contributed by atoms with Crippen LogP contribution in [0, 0.1) is 6.92 Å². The summed E-state index contributed by atoms with van der Waals surface area (Å²) in [6, 6.07) is -0.248. The molecule has 1 aromatic heterocycles. The van der Waals surface area contributed by atoms with Gasteiger partial charge in [0.1, 0.15) is 16.8 Å². The minimum absolute atomic E-state index is 0.248. The van der Waals surface area contributed by atoms with E-state index in [9.17, 15) is 9.00 Å². The summed E-state index contributed by atoms with van der Waals surface area (Å²) in [7, 11) is 0.115. The molecule has 0 aromatic carbocycles. The lowest BCUT2D eigenvalue weighted by Gasteiger charge is -2.29. The zero-order valence-electron chi connectivity index (χ0n) is 10.2. The van der Waals surface area contributed by atoms with Crippen LogP contribution in [0.15, 0.2) is 5.03 Å². The third-order valence-electron chi connectivity index (χ3n) is 2.36. The number of anilines is 1. The Bertz CT molecular complexity index is 502. The minimum Gasteiger partial charge on any atom is -0.286 e. The van der Waals surface area contributed by atoms with Gasteiger partial charge >= 0.3 is 6.03 Å². The number of hydrogen-bond donors (Lipinski definition) is 3. The third kappa shape index (κ3) is 2.11. The molecule has 0 saturated heterocycles. The fourth-order valence-electron chi connectivity index (χ4n) is 1.58. The molecule has 0 fully saturated rings. The fraction of sp³-hybridized carbons (Fsp3) is 0.500. The molecule has 100 valence electrons. The molecule has 0 aliphatic carbocycles. The SMILES string of the molecule is CNS(=O)c1nc(C)n2c1NNN(CSC)C2=O. The normalized spacial score (nSPS) is 16.4. The Kier molecular flexibility index (Phi) is 3.90. The molecule has 2 heterocycles. The first-order chi connectivity index (χ1) is 8.60. The first-order valence-electron chi connectivity index (χ1n) is 5.11. The molecule has 1 amide bonds. The molecule has 18 heavy (non-hydrogen) atoms. The number of imidazole rings is 1. The second kappa shape index (κ2) is 5.26. The number of nitrogens with one attached hydrogen (secondary N) is 3. The largest absolute Gasteiger partial charge is 0.347 e. The Morgan fingerprint density at radius 2 is 2.28 bits per heavy atom. The number of nitrogens with zero attached hydrogens (tertiary/aromatic N) is 3. The predicted octanol–water partition coefficient (Wildman–Crippen LogP) is -0.131. The number of carbonyl (C=O) groups is 1. The van der Waals surface area contributed by atoms with Gasteiger partial charge in [-0.15, -0.1) is 17.3 Å². The second-order valence-corrected chi connectivity index (χ2v) is 5.65. The van der Waals surface area contributed by atoms with Crippen molar-refractivity contribution in [2.24, 2.45) is 0 Å². The van der Waals surface area contributed by atoms with Crippen molar-refractivity contribution in [3.05, 3.63) is 5.82 Å². The maximum Gasteiger partial charge on any atom is 0.347 e. The first-order valence-corrected chi connectivity index (χ1v) is 7.65. The highest BCUT2D eigenvalue weighted by molar-refractivity contribution is 7.98. The van der Waals surface area contributed by atoms with Crippen LogP contribution in [0.1, 0.15) is 5.82 Å². The Morgan fingerprint density at radius 1 is 1.56 bits per heavy atom. The summed E-state index contributed by atoms with van der Waals surface area (Å²) < 4.78 is 15.7. The number of aryl methyl sites for hydroxylation is 1. The smallest absolute Gasteiger partial charge is 0.286 e. The lowest BCUT2D eigenvalue weighted by atomic mass is 10.6. The molecule has 0 bridgehead atoms. The van der Waals surface area contributed by atoms with Crippen molar-refractivity contribution >= 4 is 34.6 Å². The van der Waals surface area contributed by atoms with E-state index in [0.717, 1.165) is 0 Å². The van der Waals surface area contributed by atoms with Crippen molar-refractivity contribution in [2.45, 2.75) is 11.9 Å². The number of carbonyl (C=O) groups excluding carboxylic acids is 1. The van der Waals surface area contributed by atoms with Crippen molar-refractivity contribution in [3.63, 3.8) is 0 Å². The third-order valence-corrected chi connectivity index (χ3v) is 3.89. The molecule has 1 unspecified atom stereocenters. The average molecular weight is 290 g/mol. The number of hydrazine groups is 2.